The highest BCUT2D eigenvalue weighted by molar-refractivity contribution is 6.30. The Balaban J connectivity index is 2.17. The summed E-state index contributed by atoms with van der Waals surface area (Å²) in [4.78, 5) is 2.33. The molecule has 0 bridgehead atoms. The molecule has 1 aliphatic carbocycles. The van der Waals surface area contributed by atoms with Crippen molar-refractivity contribution in [3.05, 3.63) is 28.8 Å². The number of nitrogens with one attached hydrogen (secondary N) is 1. The van der Waals surface area contributed by atoms with Gasteiger partial charge in [-0.15, -0.1) is 0 Å². The van der Waals surface area contributed by atoms with E-state index in [2.05, 4.69) is 30.1 Å². The molecule has 0 unspecified atom stereocenters. The van der Waals surface area contributed by atoms with E-state index in [0.29, 0.717) is 12.1 Å². The summed E-state index contributed by atoms with van der Waals surface area (Å²) in [7, 11) is 0. The van der Waals surface area contributed by atoms with Crippen LogP contribution in [0.5, 0.6) is 0 Å². The monoisotopic (exact) mass is 296 g/mol. The third-order valence-corrected chi connectivity index (χ3v) is 3.93. The van der Waals surface area contributed by atoms with Crippen LogP contribution in [0.15, 0.2) is 18.2 Å². The van der Waals surface area contributed by atoms with Gasteiger partial charge in [0.1, 0.15) is 0 Å². The van der Waals surface area contributed by atoms with E-state index in [9.17, 15) is 0 Å². The Morgan fingerprint density at radius 3 is 2.75 bits per heavy atom. The Kier molecular flexibility index (Phi) is 5.70. The highest BCUT2D eigenvalue weighted by atomic mass is 35.5. The van der Waals surface area contributed by atoms with Gasteiger partial charge in [0.15, 0.2) is 0 Å². The largest absolute Gasteiger partial charge is 0.396 e. The maximum absolute atomic E-state index is 9.09. The minimum absolute atomic E-state index is 0.222. The van der Waals surface area contributed by atoms with Gasteiger partial charge in [0.05, 0.1) is 0 Å². The van der Waals surface area contributed by atoms with Crippen LogP contribution in [-0.2, 0) is 6.54 Å². The molecule has 2 rings (SSSR count). The fourth-order valence-electron chi connectivity index (χ4n) is 2.39. The molecule has 0 aromatic heterocycles. The van der Waals surface area contributed by atoms with Crippen LogP contribution >= 0.6 is 11.6 Å². The quantitative estimate of drug-likeness (QED) is 0.773. The molecule has 0 heterocycles. The van der Waals surface area contributed by atoms with Gasteiger partial charge in [0, 0.05) is 42.5 Å². The number of anilines is 1. The SMILES string of the molecule is CC(C)N(CCCO)c1cc(Cl)ccc1CNC1CC1. The van der Waals surface area contributed by atoms with Crippen LogP contribution in [0.3, 0.4) is 0 Å². The van der Waals surface area contributed by atoms with Gasteiger partial charge in [0.2, 0.25) is 0 Å². The first-order valence-electron chi connectivity index (χ1n) is 7.51. The summed E-state index contributed by atoms with van der Waals surface area (Å²) in [5.74, 6) is 0. The first kappa shape index (κ1) is 15.6. The number of aliphatic hydroxyl groups is 1. The summed E-state index contributed by atoms with van der Waals surface area (Å²) in [6.07, 6.45) is 3.36. The molecule has 4 heteroatoms. The number of hydrogen-bond donors (Lipinski definition) is 2. The number of nitrogens with zero attached hydrogens (tertiary/aromatic N) is 1. The molecule has 1 saturated carbocycles. The summed E-state index contributed by atoms with van der Waals surface area (Å²) < 4.78 is 0. The number of hydrogen-bond acceptors (Lipinski definition) is 3. The topological polar surface area (TPSA) is 35.5 Å². The van der Waals surface area contributed by atoms with Crippen molar-refractivity contribution in [2.75, 3.05) is 18.1 Å². The van der Waals surface area contributed by atoms with Gasteiger partial charge in [-0.2, -0.15) is 0 Å². The Labute approximate surface area is 126 Å². The molecule has 1 aromatic rings. The molecule has 0 amide bonds. The highest BCUT2D eigenvalue weighted by Gasteiger charge is 2.21. The smallest absolute Gasteiger partial charge is 0.0447 e. The van der Waals surface area contributed by atoms with Gasteiger partial charge in [-0.3, -0.25) is 0 Å². The van der Waals surface area contributed by atoms with Crippen LogP contribution in [0.1, 0.15) is 38.7 Å². The van der Waals surface area contributed by atoms with E-state index in [1.54, 1.807) is 0 Å². The zero-order chi connectivity index (χ0) is 14.5. The first-order valence-corrected chi connectivity index (χ1v) is 7.89. The second-order valence-corrected chi connectivity index (χ2v) is 6.23. The van der Waals surface area contributed by atoms with E-state index in [4.69, 9.17) is 16.7 Å². The molecule has 0 atom stereocenters. The second-order valence-electron chi connectivity index (χ2n) is 5.79. The Morgan fingerprint density at radius 1 is 1.40 bits per heavy atom. The van der Waals surface area contributed by atoms with Crippen molar-refractivity contribution >= 4 is 17.3 Å². The minimum atomic E-state index is 0.222. The molecule has 1 aromatic carbocycles. The van der Waals surface area contributed by atoms with E-state index in [0.717, 1.165) is 24.5 Å². The number of halogens is 1. The molecular formula is C16H25ClN2O. The molecule has 0 aliphatic heterocycles. The molecule has 20 heavy (non-hydrogen) atoms. The molecular weight excluding hydrogens is 272 g/mol. The third kappa shape index (κ3) is 4.37. The lowest BCUT2D eigenvalue weighted by molar-refractivity contribution is 0.288. The first-order chi connectivity index (χ1) is 9.61. The van der Waals surface area contributed by atoms with Gasteiger partial charge in [-0.05, 0) is 50.8 Å². The van der Waals surface area contributed by atoms with Crippen LogP contribution in [0.2, 0.25) is 5.02 Å². The van der Waals surface area contributed by atoms with E-state index in [1.165, 1.54) is 24.1 Å². The van der Waals surface area contributed by atoms with Crippen LogP contribution in [0.4, 0.5) is 5.69 Å². The van der Waals surface area contributed by atoms with Gasteiger partial charge in [0.25, 0.3) is 0 Å². The average molecular weight is 297 g/mol. The van der Waals surface area contributed by atoms with Gasteiger partial charge >= 0.3 is 0 Å². The normalized spacial score (nSPS) is 14.8. The second kappa shape index (κ2) is 7.30. The van der Waals surface area contributed by atoms with Crippen molar-refractivity contribution in [1.82, 2.24) is 5.32 Å². The summed E-state index contributed by atoms with van der Waals surface area (Å²) >= 11 is 6.18. The van der Waals surface area contributed by atoms with Crippen molar-refractivity contribution in [1.29, 1.82) is 0 Å². The Bertz CT molecular complexity index is 432. The molecule has 0 radical (unpaired) electrons. The number of rotatable bonds is 8. The lowest BCUT2D eigenvalue weighted by Gasteiger charge is -2.31. The lowest BCUT2D eigenvalue weighted by atomic mass is 10.1. The van der Waals surface area contributed by atoms with Crippen molar-refractivity contribution < 1.29 is 5.11 Å². The average Bonchev–Trinajstić information content (AvgIpc) is 3.22. The zero-order valence-electron chi connectivity index (χ0n) is 12.4. The maximum atomic E-state index is 9.09. The molecule has 1 aliphatic rings. The van der Waals surface area contributed by atoms with Crippen LogP contribution in [0.25, 0.3) is 0 Å². The summed E-state index contributed by atoms with van der Waals surface area (Å²) in [5, 5.41) is 13.4. The van der Waals surface area contributed by atoms with Gasteiger partial charge in [-0.1, -0.05) is 17.7 Å². The zero-order valence-corrected chi connectivity index (χ0v) is 13.2. The lowest BCUT2D eigenvalue weighted by Crippen LogP contribution is -2.33. The third-order valence-electron chi connectivity index (χ3n) is 3.70. The van der Waals surface area contributed by atoms with Crippen molar-refractivity contribution in [3.63, 3.8) is 0 Å². The van der Waals surface area contributed by atoms with Gasteiger partial charge in [-0.25, -0.2) is 0 Å². The van der Waals surface area contributed by atoms with Crippen LogP contribution < -0.4 is 10.2 Å². The number of benzene rings is 1. The molecule has 1 fully saturated rings. The molecule has 0 saturated heterocycles. The predicted octanol–water partition coefficient (Wildman–Crippen LogP) is 3.19. The molecule has 0 spiro atoms. The Morgan fingerprint density at radius 2 is 2.15 bits per heavy atom. The van der Waals surface area contributed by atoms with Crippen LogP contribution in [0, 0.1) is 0 Å². The molecule has 2 N–H and O–H groups in total. The van der Waals surface area contributed by atoms with Gasteiger partial charge < -0.3 is 15.3 Å². The molecule has 112 valence electrons. The summed E-state index contributed by atoms with van der Waals surface area (Å²) in [6, 6.07) is 7.20. The summed E-state index contributed by atoms with van der Waals surface area (Å²) in [6.45, 7) is 6.32. The van der Waals surface area contributed by atoms with Crippen molar-refractivity contribution in [3.8, 4) is 0 Å². The van der Waals surface area contributed by atoms with Crippen molar-refractivity contribution in [2.45, 2.75) is 51.7 Å². The number of aliphatic hydroxyl groups excluding tert-OH is 1. The van der Waals surface area contributed by atoms with E-state index >= 15 is 0 Å². The Hall–Kier alpha value is -0.770. The van der Waals surface area contributed by atoms with Crippen LogP contribution in [-0.4, -0.2) is 30.3 Å². The fourth-order valence-corrected chi connectivity index (χ4v) is 2.56. The minimum Gasteiger partial charge on any atom is -0.396 e. The van der Waals surface area contributed by atoms with Crippen molar-refractivity contribution in [2.24, 2.45) is 0 Å². The van der Waals surface area contributed by atoms with E-state index in [-0.39, 0.29) is 6.61 Å². The highest BCUT2D eigenvalue weighted by Crippen LogP contribution is 2.28. The summed E-state index contributed by atoms with van der Waals surface area (Å²) in [5.41, 5.74) is 2.47. The van der Waals surface area contributed by atoms with E-state index in [1.807, 2.05) is 12.1 Å². The maximum Gasteiger partial charge on any atom is 0.0447 e. The standard InChI is InChI=1S/C16H25ClN2O/c1-12(2)19(8-3-9-20)16-10-14(17)5-4-13(16)11-18-15-6-7-15/h4-5,10,12,15,18,20H,3,6-9,11H2,1-2H3. The molecule has 3 nitrogen and oxygen atoms in total. The fraction of sp³-hybridized carbons (Fsp3) is 0.625. The van der Waals surface area contributed by atoms with E-state index < -0.39 is 0 Å². The predicted molar refractivity (Wildman–Crippen MR) is 85.5 cm³/mol.